The van der Waals surface area contributed by atoms with Gasteiger partial charge in [0.1, 0.15) is 17.3 Å². The van der Waals surface area contributed by atoms with Crippen LogP contribution in [0.1, 0.15) is 5.56 Å². The van der Waals surface area contributed by atoms with Crippen LogP contribution < -0.4 is 10.6 Å². The van der Waals surface area contributed by atoms with Crippen molar-refractivity contribution < 1.29 is 14.3 Å². The average Bonchev–Trinajstić information content (AvgIpc) is 3.35. The van der Waals surface area contributed by atoms with Gasteiger partial charge in [0.15, 0.2) is 0 Å². The summed E-state index contributed by atoms with van der Waals surface area (Å²) in [5, 5.41) is 17.6. The molecule has 0 unspecified atom stereocenters. The molecule has 28 heavy (non-hydrogen) atoms. The number of carbonyl (C=O) groups is 1. The fourth-order valence-electron chi connectivity index (χ4n) is 3.35. The molecule has 1 aliphatic rings. The molecule has 1 aliphatic heterocycles. The maximum atomic E-state index is 12.4. The first-order valence-corrected chi connectivity index (χ1v) is 8.74. The molecular formula is C22H15N3O3. The molecule has 6 heteroatoms. The van der Waals surface area contributed by atoms with Gasteiger partial charge in [0.25, 0.3) is 5.91 Å². The Morgan fingerprint density at radius 2 is 1.93 bits per heavy atom. The number of furan rings is 1. The molecule has 136 valence electrons. The number of carbonyl (C=O) groups excluding carboxylic acids is 1. The molecule has 4 aromatic rings. The Morgan fingerprint density at radius 1 is 1.07 bits per heavy atom. The number of phenols is 1. The van der Waals surface area contributed by atoms with E-state index in [0.717, 1.165) is 22.0 Å². The van der Waals surface area contributed by atoms with Crippen molar-refractivity contribution in [1.82, 2.24) is 4.98 Å². The number of pyridine rings is 1. The van der Waals surface area contributed by atoms with Crippen molar-refractivity contribution >= 4 is 33.8 Å². The van der Waals surface area contributed by atoms with Gasteiger partial charge in [-0.3, -0.25) is 4.79 Å². The number of anilines is 2. The highest BCUT2D eigenvalue weighted by Crippen LogP contribution is 2.35. The molecule has 0 bridgehead atoms. The topological polar surface area (TPSA) is 87.4 Å². The number of rotatable bonds is 3. The van der Waals surface area contributed by atoms with Gasteiger partial charge in [-0.05, 0) is 30.3 Å². The largest absolute Gasteiger partial charge is 0.507 e. The van der Waals surface area contributed by atoms with E-state index in [1.54, 1.807) is 36.9 Å². The Hall–Kier alpha value is -4.06. The highest BCUT2D eigenvalue weighted by atomic mass is 16.3. The zero-order valence-electron chi connectivity index (χ0n) is 14.6. The lowest BCUT2D eigenvalue weighted by atomic mass is 10.1. The van der Waals surface area contributed by atoms with Gasteiger partial charge in [0, 0.05) is 40.0 Å². The highest BCUT2D eigenvalue weighted by molar-refractivity contribution is 6.31. The number of nitrogens with one attached hydrogen (secondary N) is 2. The molecule has 0 radical (unpaired) electrons. The third-order valence-corrected chi connectivity index (χ3v) is 4.73. The summed E-state index contributed by atoms with van der Waals surface area (Å²) < 4.78 is 5.43. The van der Waals surface area contributed by atoms with Gasteiger partial charge in [-0.15, -0.1) is 0 Å². The summed E-state index contributed by atoms with van der Waals surface area (Å²) in [6, 6.07) is 16.5. The number of benzene rings is 2. The summed E-state index contributed by atoms with van der Waals surface area (Å²) in [5.74, 6) is 1.19. The second-order valence-electron chi connectivity index (χ2n) is 6.43. The number of hydrogen-bond acceptors (Lipinski definition) is 5. The molecule has 3 heterocycles. The molecule has 2 aromatic heterocycles. The SMILES string of the molecule is O=C1Nc2ncc(-c3ccco3)cc2C1=CNc1ccc(O)c2ccccc12. The van der Waals surface area contributed by atoms with E-state index in [9.17, 15) is 9.90 Å². The molecule has 0 aliphatic carbocycles. The Morgan fingerprint density at radius 3 is 2.75 bits per heavy atom. The van der Waals surface area contributed by atoms with Crippen LogP contribution in [0.25, 0.3) is 27.7 Å². The van der Waals surface area contributed by atoms with Gasteiger partial charge in [-0.25, -0.2) is 4.98 Å². The van der Waals surface area contributed by atoms with Gasteiger partial charge in [0.2, 0.25) is 0 Å². The van der Waals surface area contributed by atoms with Gasteiger partial charge < -0.3 is 20.2 Å². The Kier molecular flexibility index (Phi) is 3.62. The molecule has 1 amide bonds. The van der Waals surface area contributed by atoms with Crippen LogP contribution in [0.3, 0.4) is 0 Å². The van der Waals surface area contributed by atoms with Crippen LogP contribution in [0.5, 0.6) is 5.75 Å². The zero-order valence-corrected chi connectivity index (χ0v) is 14.6. The predicted octanol–water partition coefficient (Wildman–Crippen LogP) is 4.61. The summed E-state index contributed by atoms with van der Waals surface area (Å²) >= 11 is 0. The summed E-state index contributed by atoms with van der Waals surface area (Å²) in [4.78, 5) is 16.8. The van der Waals surface area contributed by atoms with Gasteiger partial charge >= 0.3 is 0 Å². The molecule has 0 spiro atoms. The summed E-state index contributed by atoms with van der Waals surface area (Å²) in [7, 11) is 0. The minimum absolute atomic E-state index is 0.213. The highest BCUT2D eigenvalue weighted by Gasteiger charge is 2.26. The number of nitrogens with zero attached hydrogens (tertiary/aromatic N) is 1. The fraction of sp³-hybridized carbons (Fsp3) is 0. The maximum Gasteiger partial charge on any atom is 0.259 e. The minimum Gasteiger partial charge on any atom is -0.507 e. The van der Waals surface area contributed by atoms with E-state index in [1.165, 1.54) is 0 Å². The first kappa shape index (κ1) is 16.1. The number of phenolic OH excluding ortho intramolecular Hbond substituents is 1. The zero-order chi connectivity index (χ0) is 19.1. The van der Waals surface area contributed by atoms with Gasteiger partial charge in [-0.1, -0.05) is 24.3 Å². The van der Waals surface area contributed by atoms with Crippen LogP contribution in [0.2, 0.25) is 0 Å². The van der Waals surface area contributed by atoms with Crippen molar-refractivity contribution in [3.8, 4) is 17.1 Å². The minimum atomic E-state index is -0.227. The van der Waals surface area contributed by atoms with Crippen LogP contribution >= 0.6 is 0 Å². The number of fused-ring (bicyclic) bond motifs is 2. The lowest BCUT2D eigenvalue weighted by Gasteiger charge is -2.08. The van der Waals surface area contributed by atoms with Gasteiger partial charge in [0.05, 0.1) is 11.8 Å². The number of amides is 1. The summed E-state index contributed by atoms with van der Waals surface area (Å²) in [6.07, 6.45) is 4.93. The number of hydrogen-bond donors (Lipinski definition) is 3. The second-order valence-corrected chi connectivity index (χ2v) is 6.43. The molecule has 0 saturated heterocycles. The third-order valence-electron chi connectivity index (χ3n) is 4.73. The quantitative estimate of drug-likeness (QED) is 0.363. The van der Waals surface area contributed by atoms with E-state index in [4.69, 9.17) is 4.42 Å². The monoisotopic (exact) mass is 369 g/mol. The van der Waals surface area contributed by atoms with Crippen LogP contribution in [0.15, 0.2) is 77.7 Å². The maximum absolute atomic E-state index is 12.4. The first-order chi connectivity index (χ1) is 13.7. The Balaban J connectivity index is 1.55. The average molecular weight is 369 g/mol. The molecule has 2 aromatic carbocycles. The van der Waals surface area contributed by atoms with Crippen LogP contribution in [-0.2, 0) is 4.79 Å². The van der Waals surface area contributed by atoms with E-state index in [2.05, 4.69) is 15.6 Å². The normalized spacial score (nSPS) is 14.3. The summed E-state index contributed by atoms with van der Waals surface area (Å²) in [6.45, 7) is 0. The van der Waals surface area contributed by atoms with Crippen molar-refractivity contribution in [2.45, 2.75) is 0 Å². The Labute approximate surface area is 160 Å². The molecule has 0 saturated carbocycles. The second kappa shape index (κ2) is 6.28. The lowest BCUT2D eigenvalue weighted by molar-refractivity contribution is -0.110. The van der Waals surface area contributed by atoms with Gasteiger partial charge in [-0.2, -0.15) is 0 Å². The van der Waals surface area contributed by atoms with E-state index < -0.39 is 0 Å². The van der Waals surface area contributed by atoms with E-state index in [-0.39, 0.29) is 11.7 Å². The fourth-order valence-corrected chi connectivity index (χ4v) is 3.35. The van der Waals surface area contributed by atoms with Crippen molar-refractivity contribution in [1.29, 1.82) is 0 Å². The van der Waals surface area contributed by atoms with Crippen molar-refractivity contribution in [2.24, 2.45) is 0 Å². The standard InChI is InChI=1S/C22H15N3O3/c26-19-8-7-18(14-4-1-2-5-15(14)19)23-12-17-16-10-13(20-6-3-9-28-20)11-24-21(16)25-22(17)27/h1-12,23,26H,(H,24,25,27). The Bertz CT molecular complexity index is 1240. The first-order valence-electron chi connectivity index (χ1n) is 8.74. The third kappa shape index (κ3) is 2.59. The molecule has 5 rings (SSSR count). The summed E-state index contributed by atoms with van der Waals surface area (Å²) in [5.41, 5.74) is 2.76. The van der Waals surface area contributed by atoms with Crippen molar-refractivity contribution in [3.63, 3.8) is 0 Å². The van der Waals surface area contributed by atoms with Crippen molar-refractivity contribution in [2.75, 3.05) is 10.6 Å². The lowest BCUT2D eigenvalue weighted by Crippen LogP contribution is -2.05. The predicted molar refractivity (Wildman–Crippen MR) is 108 cm³/mol. The molecule has 6 nitrogen and oxygen atoms in total. The van der Waals surface area contributed by atoms with E-state index >= 15 is 0 Å². The number of aromatic nitrogens is 1. The van der Waals surface area contributed by atoms with E-state index in [0.29, 0.717) is 22.7 Å². The number of aromatic hydroxyl groups is 1. The molecule has 3 N–H and O–H groups in total. The van der Waals surface area contributed by atoms with Crippen LogP contribution in [0.4, 0.5) is 11.5 Å². The molecule has 0 fully saturated rings. The smallest absolute Gasteiger partial charge is 0.259 e. The van der Waals surface area contributed by atoms with Crippen molar-refractivity contribution in [3.05, 3.63) is 78.8 Å². The van der Waals surface area contributed by atoms with E-state index in [1.807, 2.05) is 36.4 Å². The van der Waals surface area contributed by atoms with Crippen LogP contribution in [0, 0.1) is 0 Å². The molecular weight excluding hydrogens is 354 g/mol. The molecule has 0 atom stereocenters. The van der Waals surface area contributed by atoms with Crippen LogP contribution in [-0.4, -0.2) is 16.0 Å².